The van der Waals surface area contributed by atoms with Crippen LogP contribution in [0.2, 0.25) is 0 Å². The molecule has 0 saturated heterocycles. The third-order valence-corrected chi connectivity index (χ3v) is 6.65. The van der Waals surface area contributed by atoms with E-state index in [1.54, 1.807) is 0 Å². The van der Waals surface area contributed by atoms with Gasteiger partial charge in [-0.3, -0.25) is 4.79 Å². The highest BCUT2D eigenvalue weighted by Gasteiger charge is 2.22. The molecular formula is C17H23O3P. The van der Waals surface area contributed by atoms with Crippen LogP contribution in [0, 0.1) is 0 Å². The van der Waals surface area contributed by atoms with Crippen LogP contribution in [0.25, 0.3) is 5.57 Å². The first kappa shape index (κ1) is 17.5. The maximum atomic E-state index is 12.9. The smallest absolute Gasteiger partial charge is 0.307 e. The van der Waals surface area contributed by atoms with E-state index in [0.717, 1.165) is 11.1 Å². The summed E-state index contributed by atoms with van der Waals surface area (Å²) in [6.07, 6.45) is 4.32. The Balaban J connectivity index is 3.22. The van der Waals surface area contributed by atoms with Crippen LogP contribution in [0.1, 0.15) is 33.3 Å². The van der Waals surface area contributed by atoms with E-state index < -0.39 is 13.1 Å². The molecule has 0 radical (unpaired) electrons. The van der Waals surface area contributed by atoms with E-state index in [1.807, 2.05) is 57.2 Å². The highest BCUT2D eigenvalue weighted by Crippen LogP contribution is 2.54. The second kappa shape index (κ2) is 7.99. The molecule has 0 unspecified atom stereocenters. The van der Waals surface area contributed by atoms with Crippen molar-refractivity contribution >= 4 is 18.7 Å². The van der Waals surface area contributed by atoms with Crippen LogP contribution in [0.5, 0.6) is 0 Å². The molecule has 114 valence electrons. The van der Waals surface area contributed by atoms with Gasteiger partial charge in [0.25, 0.3) is 0 Å². The molecule has 0 heterocycles. The van der Waals surface area contributed by atoms with Gasteiger partial charge in [0.2, 0.25) is 0 Å². The van der Waals surface area contributed by atoms with Crippen LogP contribution >= 0.6 is 7.14 Å². The number of carbonyl (C=O) groups is 1. The molecule has 0 aliphatic carbocycles. The average molecular weight is 306 g/mol. The third kappa shape index (κ3) is 5.02. The van der Waals surface area contributed by atoms with E-state index in [9.17, 15) is 9.36 Å². The van der Waals surface area contributed by atoms with Crippen molar-refractivity contribution in [3.05, 3.63) is 53.5 Å². The number of esters is 1. The van der Waals surface area contributed by atoms with Gasteiger partial charge in [-0.05, 0) is 24.1 Å². The third-order valence-electron chi connectivity index (χ3n) is 3.43. The van der Waals surface area contributed by atoms with Crippen molar-refractivity contribution in [3.63, 3.8) is 0 Å². The number of rotatable bonds is 6. The van der Waals surface area contributed by atoms with Crippen molar-refractivity contribution in [2.45, 2.75) is 27.7 Å². The Morgan fingerprint density at radius 3 is 2.19 bits per heavy atom. The molecule has 0 atom stereocenters. The average Bonchev–Trinajstić information content (AvgIpc) is 2.51. The van der Waals surface area contributed by atoms with Crippen molar-refractivity contribution in [3.8, 4) is 0 Å². The van der Waals surface area contributed by atoms with Crippen molar-refractivity contribution < 1.29 is 14.1 Å². The zero-order valence-electron chi connectivity index (χ0n) is 13.1. The van der Waals surface area contributed by atoms with Crippen LogP contribution < -0.4 is 0 Å². The molecule has 1 aromatic rings. The zero-order valence-corrected chi connectivity index (χ0v) is 14.0. The number of hydrogen-bond donors (Lipinski definition) is 0. The van der Waals surface area contributed by atoms with Crippen LogP contribution in [0.15, 0.2) is 48.0 Å². The number of carbonyl (C=O) groups excluding carboxylic acids is 1. The first-order chi connectivity index (χ1) is 9.92. The minimum atomic E-state index is -2.51. The summed E-state index contributed by atoms with van der Waals surface area (Å²) >= 11 is 0. The maximum absolute atomic E-state index is 12.9. The van der Waals surface area contributed by atoms with Crippen LogP contribution in [-0.2, 0) is 14.1 Å². The molecule has 0 saturated carbocycles. The lowest BCUT2D eigenvalue weighted by molar-refractivity contribution is -0.135. The number of allylic oxidation sites excluding steroid dienone is 3. The summed E-state index contributed by atoms with van der Waals surface area (Å²) in [6.45, 7) is 7.10. The predicted molar refractivity (Wildman–Crippen MR) is 88.6 cm³/mol. The summed E-state index contributed by atoms with van der Waals surface area (Å²) in [5.74, 6) is -0.406. The Kier molecular flexibility index (Phi) is 6.64. The first-order valence-electron chi connectivity index (χ1n) is 7.12. The highest BCUT2D eigenvalue weighted by atomic mass is 31.2. The molecule has 1 rings (SSSR count). The molecule has 3 nitrogen and oxygen atoms in total. The van der Waals surface area contributed by atoms with Crippen molar-refractivity contribution in [2.75, 3.05) is 12.3 Å². The largest absolute Gasteiger partial charge is 0.434 e. The fourth-order valence-electron chi connectivity index (χ4n) is 1.99. The van der Waals surface area contributed by atoms with Gasteiger partial charge >= 0.3 is 5.97 Å². The summed E-state index contributed by atoms with van der Waals surface area (Å²) in [4.78, 5) is 11.0. The Morgan fingerprint density at radius 1 is 1.14 bits per heavy atom. The molecule has 0 amide bonds. The van der Waals surface area contributed by atoms with Gasteiger partial charge in [0.1, 0.15) is 13.4 Å². The Bertz CT molecular complexity index is 577. The van der Waals surface area contributed by atoms with E-state index in [4.69, 9.17) is 4.74 Å². The zero-order chi connectivity index (χ0) is 15.9. The normalized spacial score (nSPS) is 13.1. The van der Waals surface area contributed by atoms with E-state index in [-0.39, 0.29) is 0 Å². The lowest BCUT2D eigenvalue weighted by Gasteiger charge is -2.16. The molecule has 0 aliphatic heterocycles. The van der Waals surface area contributed by atoms with Gasteiger partial charge in [-0.15, -0.1) is 0 Å². The predicted octanol–water partition coefficient (Wildman–Crippen LogP) is 4.90. The van der Waals surface area contributed by atoms with Crippen molar-refractivity contribution in [1.82, 2.24) is 0 Å². The minimum Gasteiger partial charge on any atom is -0.434 e. The van der Waals surface area contributed by atoms with Gasteiger partial charge in [0.05, 0.1) is 0 Å². The number of hydrogen-bond acceptors (Lipinski definition) is 3. The first-order valence-corrected chi connectivity index (χ1v) is 9.20. The van der Waals surface area contributed by atoms with E-state index in [2.05, 4.69) is 0 Å². The molecular weight excluding hydrogens is 283 g/mol. The minimum absolute atomic E-state index is 0.406. The molecule has 4 heteroatoms. The van der Waals surface area contributed by atoms with Gasteiger partial charge in [-0.25, -0.2) is 0 Å². The molecule has 0 fully saturated rings. The topological polar surface area (TPSA) is 43.4 Å². The second-order valence-corrected chi connectivity index (χ2v) is 8.43. The van der Waals surface area contributed by atoms with E-state index >= 15 is 0 Å². The SMILES string of the molecule is CCP(=O)(CC)C(/C=C(\C)c1ccccc1)=C/OC(C)=O. The van der Waals surface area contributed by atoms with Crippen LogP contribution in [0.3, 0.4) is 0 Å². The number of benzene rings is 1. The standard InChI is InChI=1S/C17H23O3P/c1-5-21(19,6-2)17(13-20-15(4)18)12-14(3)16-10-8-7-9-11-16/h7-13H,5-6H2,1-4H3/b14-12+,17-13+. The molecule has 1 aromatic carbocycles. The van der Waals surface area contributed by atoms with Crippen LogP contribution in [-0.4, -0.2) is 18.3 Å². The maximum Gasteiger partial charge on any atom is 0.307 e. The summed E-state index contributed by atoms with van der Waals surface area (Å²) in [5, 5.41) is 0.615. The van der Waals surface area contributed by atoms with E-state index in [1.165, 1.54) is 13.2 Å². The van der Waals surface area contributed by atoms with Gasteiger partial charge in [-0.2, -0.15) is 0 Å². The van der Waals surface area contributed by atoms with E-state index in [0.29, 0.717) is 17.6 Å². The summed E-state index contributed by atoms with van der Waals surface area (Å²) < 4.78 is 17.9. The molecule has 0 spiro atoms. The van der Waals surface area contributed by atoms with Gasteiger partial charge in [0, 0.05) is 24.6 Å². The quantitative estimate of drug-likeness (QED) is 0.325. The van der Waals surface area contributed by atoms with Gasteiger partial charge in [0.15, 0.2) is 0 Å². The number of ether oxygens (including phenoxy) is 1. The monoisotopic (exact) mass is 306 g/mol. The Labute approximate surface area is 127 Å². The molecule has 0 bridgehead atoms. The van der Waals surface area contributed by atoms with Crippen molar-refractivity contribution in [1.29, 1.82) is 0 Å². The summed E-state index contributed by atoms with van der Waals surface area (Å²) in [5.41, 5.74) is 2.06. The highest BCUT2D eigenvalue weighted by molar-refractivity contribution is 7.68. The van der Waals surface area contributed by atoms with Crippen molar-refractivity contribution in [2.24, 2.45) is 0 Å². The summed E-state index contributed by atoms with van der Waals surface area (Å²) in [6, 6.07) is 9.87. The molecule has 0 aliphatic rings. The lowest BCUT2D eigenvalue weighted by Crippen LogP contribution is -1.97. The van der Waals surface area contributed by atoms with Gasteiger partial charge in [-0.1, -0.05) is 44.2 Å². The molecule has 0 N–H and O–H groups in total. The fraction of sp³-hybridized carbons (Fsp3) is 0.353. The summed E-state index contributed by atoms with van der Waals surface area (Å²) in [7, 11) is -2.51. The Morgan fingerprint density at radius 2 is 1.71 bits per heavy atom. The van der Waals surface area contributed by atoms with Gasteiger partial charge < -0.3 is 9.30 Å². The molecule has 0 aromatic heterocycles. The Hall–Kier alpha value is -1.60. The van der Waals surface area contributed by atoms with Crippen LogP contribution in [0.4, 0.5) is 0 Å². The fourth-order valence-corrected chi connectivity index (χ4v) is 3.84. The lowest BCUT2D eigenvalue weighted by atomic mass is 10.1. The second-order valence-electron chi connectivity index (χ2n) is 4.87. The molecule has 21 heavy (non-hydrogen) atoms.